The Morgan fingerprint density at radius 2 is 1.59 bits per heavy atom. The molecule has 3 rings (SSSR count). The maximum Gasteiger partial charge on any atom is 0.525 e. The number of hydrogen-bond acceptors (Lipinski definition) is 2. The van der Waals surface area contributed by atoms with Crippen molar-refractivity contribution in [3.8, 4) is 0 Å². The van der Waals surface area contributed by atoms with E-state index in [1.165, 1.54) is 0 Å². The SMILES string of the molecule is CC1(C)OB(C(F)=C2CCC23CC3)OC1(C)C. The number of rotatable bonds is 1. The third-order valence-corrected chi connectivity index (χ3v) is 5.10. The van der Waals surface area contributed by atoms with Crippen molar-refractivity contribution >= 4 is 7.12 Å². The monoisotopic (exact) mass is 238 g/mol. The van der Waals surface area contributed by atoms with E-state index in [0.29, 0.717) is 0 Å². The Bertz CT molecular complexity index is 380. The van der Waals surface area contributed by atoms with Crippen LogP contribution in [-0.2, 0) is 9.31 Å². The van der Waals surface area contributed by atoms with Gasteiger partial charge >= 0.3 is 7.12 Å². The quantitative estimate of drug-likeness (QED) is 0.651. The molecule has 0 aromatic heterocycles. The lowest BCUT2D eigenvalue weighted by Crippen LogP contribution is -2.41. The van der Waals surface area contributed by atoms with E-state index in [2.05, 4.69) is 0 Å². The molecular weight excluding hydrogens is 218 g/mol. The molecule has 1 spiro atoms. The van der Waals surface area contributed by atoms with Crippen LogP contribution < -0.4 is 0 Å². The molecule has 3 fully saturated rings. The summed E-state index contributed by atoms with van der Waals surface area (Å²) in [5.41, 5.74) is 0.142. The highest BCUT2D eigenvalue weighted by molar-refractivity contribution is 6.54. The van der Waals surface area contributed by atoms with E-state index in [1.54, 1.807) is 0 Å². The van der Waals surface area contributed by atoms with Crippen LogP contribution in [0.4, 0.5) is 4.39 Å². The van der Waals surface area contributed by atoms with Gasteiger partial charge in [-0.25, -0.2) is 4.39 Å². The molecule has 2 aliphatic carbocycles. The topological polar surface area (TPSA) is 18.5 Å². The first-order chi connectivity index (χ1) is 7.78. The predicted molar refractivity (Wildman–Crippen MR) is 65.1 cm³/mol. The molecule has 0 atom stereocenters. The first kappa shape index (κ1) is 11.7. The van der Waals surface area contributed by atoms with Crippen LogP contribution in [0.15, 0.2) is 11.3 Å². The largest absolute Gasteiger partial charge is 0.525 e. The third-order valence-electron chi connectivity index (χ3n) is 5.10. The Labute approximate surface area is 103 Å². The maximum atomic E-state index is 14.4. The summed E-state index contributed by atoms with van der Waals surface area (Å²) in [5.74, 6) is 0. The van der Waals surface area contributed by atoms with Crippen molar-refractivity contribution in [1.82, 2.24) is 0 Å². The number of halogens is 1. The minimum Gasteiger partial charge on any atom is -0.398 e. The van der Waals surface area contributed by atoms with Gasteiger partial charge in [0.2, 0.25) is 0 Å². The van der Waals surface area contributed by atoms with Gasteiger partial charge < -0.3 is 9.31 Å². The van der Waals surface area contributed by atoms with Crippen molar-refractivity contribution in [3.63, 3.8) is 0 Å². The van der Waals surface area contributed by atoms with E-state index >= 15 is 0 Å². The van der Waals surface area contributed by atoms with Gasteiger partial charge in [0, 0.05) is 0 Å². The fourth-order valence-electron chi connectivity index (χ4n) is 2.77. The summed E-state index contributed by atoms with van der Waals surface area (Å²) < 4.78 is 25.9. The van der Waals surface area contributed by atoms with E-state index in [0.717, 1.165) is 31.3 Å². The molecule has 0 aromatic rings. The molecule has 2 nitrogen and oxygen atoms in total. The van der Waals surface area contributed by atoms with E-state index in [4.69, 9.17) is 9.31 Å². The van der Waals surface area contributed by atoms with Gasteiger partial charge in [-0.2, -0.15) is 0 Å². The number of allylic oxidation sites excluding steroid dienone is 1. The molecule has 94 valence electrons. The summed E-state index contributed by atoms with van der Waals surface area (Å²) in [6.45, 7) is 7.83. The molecule has 17 heavy (non-hydrogen) atoms. The Balaban J connectivity index is 1.84. The van der Waals surface area contributed by atoms with E-state index < -0.39 is 18.3 Å². The van der Waals surface area contributed by atoms with Crippen molar-refractivity contribution in [3.05, 3.63) is 11.3 Å². The van der Waals surface area contributed by atoms with Gasteiger partial charge in [-0.3, -0.25) is 0 Å². The van der Waals surface area contributed by atoms with Crippen LogP contribution in [0.1, 0.15) is 53.4 Å². The van der Waals surface area contributed by atoms with E-state index in [9.17, 15) is 4.39 Å². The van der Waals surface area contributed by atoms with Gasteiger partial charge in [0.15, 0.2) is 0 Å². The molecule has 0 radical (unpaired) electrons. The van der Waals surface area contributed by atoms with Crippen molar-refractivity contribution in [2.45, 2.75) is 64.6 Å². The van der Waals surface area contributed by atoms with Crippen molar-refractivity contribution < 1.29 is 13.7 Å². The molecule has 4 heteroatoms. The summed E-state index contributed by atoms with van der Waals surface area (Å²) in [4.78, 5) is 0. The predicted octanol–water partition coefficient (Wildman–Crippen LogP) is 3.42. The van der Waals surface area contributed by atoms with Crippen molar-refractivity contribution in [2.24, 2.45) is 5.41 Å². The van der Waals surface area contributed by atoms with Crippen LogP contribution in [0.25, 0.3) is 0 Å². The van der Waals surface area contributed by atoms with Crippen LogP contribution in [-0.4, -0.2) is 18.3 Å². The third kappa shape index (κ3) is 1.53. The minimum atomic E-state index is -0.784. The van der Waals surface area contributed by atoms with Crippen molar-refractivity contribution in [2.75, 3.05) is 0 Å². The second kappa shape index (κ2) is 3.15. The summed E-state index contributed by atoms with van der Waals surface area (Å²) >= 11 is 0. The van der Waals surface area contributed by atoms with E-state index in [1.807, 2.05) is 27.7 Å². The van der Waals surface area contributed by atoms with E-state index in [-0.39, 0.29) is 11.1 Å². The van der Waals surface area contributed by atoms with Gasteiger partial charge in [-0.15, -0.1) is 0 Å². The van der Waals surface area contributed by atoms with Gasteiger partial charge in [0.1, 0.15) is 5.73 Å². The first-order valence-corrected chi connectivity index (χ1v) is 6.52. The zero-order chi connectivity index (χ0) is 12.5. The molecule has 0 aromatic carbocycles. The summed E-state index contributed by atoms with van der Waals surface area (Å²) in [6, 6.07) is 0. The molecule has 1 heterocycles. The van der Waals surface area contributed by atoms with Crippen molar-refractivity contribution in [1.29, 1.82) is 0 Å². The lowest BCUT2D eigenvalue weighted by atomic mass is 9.69. The molecule has 0 amide bonds. The van der Waals surface area contributed by atoms with Crippen LogP contribution >= 0.6 is 0 Å². The maximum absolute atomic E-state index is 14.4. The van der Waals surface area contributed by atoms with Crippen LogP contribution in [0.3, 0.4) is 0 Å². The summed E-state index contributed by atoms with van der Waals surface area (Å²) in [5, 5.41) is 0. The standard InChI is InChI=1S/C13H20BFO2/c1-11(2)12(3,4)17-14(16-11)10(15)9-5-6-13(9)7-8-13/h5-8H2,1-4H3. The average Bonchev–Trinajstić information content (AvgIpc) is 2.91. The smallest absolute Gasteiger partial charge is 0.398 e. The zero-order valence-corrected chi connectivity index (χ0v) is 11.1. The fraction of sp³-hybridized carbons (Fsp3) is 0.846. The van der Waals surface area contributed by atoms with Crippen LogP contribution in [0.5, 0.6) is 0 Å². The molecule has 1 saturated heterocycles. The Morgan fingerprint density at radius 1 is 1.06 bits per heavy atom. The zero-order valence-electron chi connectivity index (χ0n) is 11.1. The molecule has 0 unspecified atom stereocenters. The Hall–Kier alpha value is -0.345. The molecule has 3 aliphatic rings. The lowest BCUT2D eigenvalue weighted by molar-refractivity contribution is 0.00578. The van der Waals surface area contributed by atoms with Crippen LogP contribution in [0, 0.1) is 5.41 Å². The van der Waals surface area contributed by atoms with Gasteiger partial charge in [-0.05, 0) is 64.4 Å². The fourth-order valence-corrected chi connectivity index (χ4v) is 2.77. The highest BCUT2D eigenvalue weighted by Crippen LogP contribution is 2.65. The van der Waals surface area contributed by atoms with Gasteiger partial charge in [0.25, 0.3) is 0 Å². The highest BCUT2D eigenvalue weighted by Gasteiger charge is 2.58. The molecule has 1 aliphatic heterocycles. The lowest BCUT2D eigenvalue weighted by Gasteiger charge is -2.32. The van der Waals surface area contributed by atoms with Gasteiger partial charge in [0.05, 0.1) is 11.2 Å². The first-order valence-electron chi connectivity index (χ1n) is 6.52. The minimum absolute atomic E-state index is 0.146. The normalized spacial score (nSPS) is 34.8. The van der Waals surface area contributed by atoms with Gasteiger partial charge in [-0.1, -0.05) is 0 Å². The summed E-state index contributed by atoms with van der Waals surface area (Å²) in [7, 11) is -0.784. The second-order valence-corrected chi connectivity index (χ2v) is 6.70. The molecule has 2 saturated carbocycles. The molecule has 0 bridgehead atoms. The summed E-state index contributed by atoms with van der Waals surface area (Å²) in [6.07, 6.45) is 4.33. The molecular formula is C13H20BFO2. The molecule has 0 N–H and O–H groups in total. The number of hydrogen-bond donors (Lipinski definition) is 0. The Morgan fingerprint density at radius 3 is 1.94 bits per heavy atom. The highest BCUT2D eigenvalue weighted by atomic mass is 19.1. The Kier molecular flexibility index (Phi) is 2.18. The average molecular weight is 238 g/mol. The van der Waals surface area contributed by atoms with Crippen LogP contribution in [0.2, 0.25) is 0 Å². The second-order valence-electron chi connectivity index (χ2n) is 6.70.